The molecule has 0 unspecified atom stereocenters. The van der Waals surface area contributed by atoms with E-state index < -0.39 is 0 Å². The summed E-state index contributed by atoms with van der Waals surface area (Å²) in [4.78, 5) is 4.26. The van der Waals surface area contributed by atoms with Crippen molar-refractivity contribution in [3.63, 3.8) is 0 Å². The van der Waals surface area contributed by atoms with E-state index in [9.17, 15) is 0 Å². The van der Waals surface area contributed by atoms with Gasteiger partial charge in [0.2, 0.25) is 0 Å². The minimum absolute atomic E-state index is 0.610. The summed E-state index contributed by atoms with van der Waals surface area (Å²) in [5, 5.41) is 14.7. The van der Waals surface area contributed by atoms with Gasteiger partial charge in [0, 0.05) is 17.8 Å². The van der Waals surface area contributed by atoms with Crippen molar-refractivity contribution >= 4 is 12.0 Å². The Bertz CT molecular complexity index is 358. The fraction of sp³-hybridized carbons (Fsp3) is 0.400. The van der Waals surface area contributed by atoms with Crippen molar-refractivity contribution in [3.05, 3.63) is 23.4 Å². The molecule has 0 amide bonds. The average molecular weight is 191 g/mol. The number of hydrogen-bond donors (Lipinski definition) is 2. The summed E-state index contributed by atoms with van der Waals surface area (Å²) >= 11 is 0. The van der Waals surface area contributed by atoms with E-state index in [1.54, 1.807) is 6.20 Å². The lowest BCUT2D eigenvalue weighted by Gasteiger charge is -2.06. The lowest BCUT2D eigenvalue weighted by molar-refractivity contribution is 0.322. The molecule has 0 radical (unpaired) electrons. The van der Waals surface area contributed by atoms with Crippen molar-refractivity contribution < 1.29 is 5.21 Å². The van der Waals surface area contributed by atoms with E-state index in [4.69, 9.17) is 5.21 Å². The van der Waals surface area contributed by atoms with Crippen LogP contribution in [-0.2, 0) is 0 Å². The molecule has 1 heterocycles. The molecule has 0 spiro atoms. The van der Waals surface area contributed by atoms with Crippen molar-refractivity contribution in [1.29, 1.82) is 0 Å². The highest BCUT2D eigenvalue weighted by Crippen LogP contribution is 2.25. The Labute approximate surface area is 82.7 Å². The maximum absolute atomic E-state index is 8.36. The largest absolute Gasteiger partial charge is 0.411 e. The van der Waals surface area contributed by atoms with Crippen molar-refractivity contribution in [2.45, 2.75) is 25.8 Å². The van der Waals surface area contributed by atoms with Gasteiger partial charge in [0.25, 0.3) is 0 Å². The van der Waals surface area contributed by atoms with Crippen LogP contribution in [0.2, 0.25) is 0 Å². The molecular weight excluding hydrogens is 178 g/mol. The van der Waals surface area contributed by atoms with Crippen molar-refractivity contribution in [2.24, 2.45) is 5.16 Å². The first-order chi connectivity index (χ1) is 6.79. The molecule has 4 nitrogen and oxygen atoms in total. The molecule has 0 aromatic carbocycles. The molecule has 0 atom stereocenters. The second kappa shape index (κ2) is 3.65. The second-order valence-corrected chi connectivity index (χ2v) is 3.60. The molecule has 0 aliphatic heterocycles. The molecule has 1 aromatic heterocycles. The number of aromatic nitrogens is 1. The average Bonchev–Trinajstić information content (AvgIpc) is 2.94. The quantitative estimate of drug-likeness (QED) is 0.435. The number of pyridine rings is 1. The summed E-state index contributed by atoms with van der Waals surface area (Å²) < 4.78 is 0. The summed E-state index contributed by atoms with van der Waals surface area (Å²) in [6, 6.07) is 2.55. The van der Waals surface area contributed by atoms with Crippen molar-refractivity contribution in [3.8, 4) is 0 Å². The van der Waals surface area contributed by atoms with Crippen LogP contribution in [0.15, 0.2) is 17.4 Å². The summed E-state index contributed by atoms with van der Waals surface area (Å²) in [6.45, 7) is 1.99. The Morgan fingerprint density at radius 2 is 2.43 bits per heavy atom. The summed E-state index contributed by atoms with van der Waals surface area (Å²) in [7, 11) is 0. The van der Waals surface area contributed by atoms with Crippen LogP contribution in [0.5, 0.6) is 0 Å². The number of oxime groups is 1. The van der Waals surface area contributed by atoms with E-state index in [1.807, 2.05) is 13.0 Å². The standard InChI is InChI=1S/C10H13N3O/c1-7-4-8(6-12-14)5-11-10(7)13-9-2-3-9/h4-6,9,14H,2-3H2,1H3,(H,11,13)/b12-6-. The van der Waals surface area contributed by atoms with Gasteiger partial charge in [0.1, 0.15) is 5.82 Å². The van der Waals surface area contributed by atoms with Gasteiger partial charge in [-0.3, -0.25) is 0 Å². The highest BCUT2D eigenvalue weighted by molar-refractivity contribution is 5.79. The van der Waals surface area contributed by atoms with E-state index in [0.717, 1.165) is 16.9 Å². The van der Waals surface area contributed by atoms with E-state index in [0.29, 0.717) is 6.04 Å². The number of nitrogens with one attached hydrogen (secondary N) is 1. The van der Waals surface area contributed by atoms with Crippen LogP contribution in [0.3, 0.4) is 0 Å². The summed E-state index contributed by atoms with van der Waals surface area (Å²) in [6.07, 6.45) is 5.54. The van der Waals surface area contributed by atoms with Crippen molar-refractivity contribution in [1.82, 2.24) is 4.98 Å². The van der Waals surface area contributed by atoms with Crippen LogP contribution in [0, 0.1) is 6.92 Å². The smallest absolute Gasteiger partial charge is 0.129 e. The molecule has 2 rings (SSSR count). The Morgan fingerprint density at radius 3 is 3.00 bits per heavy atom. The SMILES string of the molecule is Cc1cc(/C=N\O)cnc1NC1CC1. The zero-order chi connectivity index (χ0) is 9.97. The van der Waals surface area contributed by atoms with Gasteiger partial charge in [-0.2, -0.15) is 0 Å². The Morgan fingerprint density at radius 1 is 1.64 bits per heavy atom. The second-order valence-electron chi connectivity index (χ2n) is 3.60. The number of rotatable bonds is 3. The summed E-state index contributed by atoms with van der Waals surface area (Å²) in [5.41, 5.74) is 1.89. The van der Waals surface area contributed by atoms with Crippen LogP contribution in [-0.4, -0.2) is 22.4 Å². The number of anilines is 1. The van der Waals surface area contributed by atoms with Gasteiger partial charge in [-0.25, -0.2) is 4.98 Å². The van der Waals surface area contributed by atoms with Crippen LogP contribution >= 0.6 is 0 Å². The number of aryl methyl sites for hydroxylation is 1. The van der Waals surface area contributed by atoms with E-state index in [2.05, 4.69) is 15.5 Å². The Balaban J connectivity index is 2.16. The molecule has 0 saturated heterocycles. The van der Waals surface area contributed by atoms with Crippen LogP contribution in [0.4, 0.5) is 5.82 Å². The highest BCUT2D eigenvalue weighted by atomic mass is 16.4. The first-order valence-corrected chi connectivity index (χ1v) is 4.70. The topological polar surface area (TPSA) is 57.5 Å². The molecule has 1 aliphatic rings. The molecule has 0 bridgehead atoms. The molecule has 14 heavy (non-hydrogen) atoms. The predicted molar refractivity (Wildman–Crippen MR) is 55.0 cm³/mol. The predicted octanol–water partition coefficient (Wildman–Crippen LogP) is 1.77. The van der Waals surface area contributed by atoms with Gasteiger partial charge in [-0.1, -0.05) is 5.16 Å². The molecule has 74 valence electrons. The lowest BCUT2D eigenvalue weighted by Crippen LogP contribution is -2.05. The Hall–Kier alpha value is -1.58. The van der Waals surface area contributed by atoms with Gasteiger partial charge >= 0.3 is 0 Å². The minimum Gasteiger partial charge on any atom is -0.411 e. The van der Waals surface area contributed by atoms with E-state index in [-0.39, 0.29) is 0 Å². The first-order valence-electron chi connectivity index (χ1n) is 4.70. The molecular formula is C10H13N3O. The van der Waals surface area contributed by atoms with Crippen molar-refractivity contribution in [2.75, 3.05) is 5.32 Å². The van der Waals surface area contributed by atoms with E-state index in [1.165, 1.54) is 19.1 Å². The molecule has 1 fully saturated rings. The van der Waals surface area contributed by atoms with Gasteiger partial charge in [0.05, 0.1) is 6.21 Å². The minimum atomic E-state index is 0.610. The zero-order valence-electron chi connectivity index (χ0n) is 8.07. The third-order valence-corrected chi connectivity index (χ3v) is 2.22. The maximum atomic E-state index is 8.36. The monoisotopic (exact) mass is 191 g/mol. The highest BCUT2D eigenvalue weighted by Gasteiger charge is 2.21. The van der Waals surface area contributed by atoms with Gasteiger partial charge in [0.15, 0.2) is 0 Å². The van der Waals surface area contributed by atoms with Crippen LogP contribution in [0.25, 0.3) is 0 Å². The maximum Gasteiger partial charge on any atom is 0.129 e. The molecule has 2 N–H and O–H groups in total. The molecule has 4 heteroatoms. The van der Waals surface area contributed by atoms with Gasteiger partial charge < -0.3 is 10.5 Å². The summed E-state index contributed by atoms with van der Waals surface area (Å²) in [5.74, 6) is 0.933. The van der Waals surface area contributed by atoms with Crippen LogP contribution < -0.4 is 5.32 Å². The Kier molecular flexibility index (Phi) is 2.35. The molecule has 1 aromatic rings. The lowest BCUT2D eigenvalue weighted by atomic mass is 10.2. The van der Waals surface area contributed by atoms with E-state index >= 15 is 0 Å². The normalized spacial score (nSPS) is 16.1. The first kappa shape index (κ1) is 8.99. The third-order valence-electron chi connectivity index (χ3n) is 2.22. The fourth-order valence-electron chi connectivity index (χ4n) is 1.31. The zero-order valence-corrected chi connectivity index (χ0v) is 8.07. The molecule has 1 aliphatic carbocycles. The number of hydrogen-bond acceptors (Lipinski definition) is 4. The van der Waals surface area contributed by atoms with Crippen LogP contribution in [0.1, 0.15) is 24.0 Å². The fourth-order valence-corrected chi connectivity index (χ4v) is 1.31. The molecule has 1 saturated carbocycles. The van der Waals surface area contributed by atoms with Gasteiger partial charge in [-0.05, 0) is 31.4 Å². The van der Waals surface area contributed by atoms with Gasteiger partial charge in [-0.15, -0.1) is 0 Å². The third kappa shape index (κ3) is 2.02. The number of nitrogens with zero attached hydrogens (tertiary/aromatic N) is 2.